The quantitative estimate of drug-likeness (QED) is 0.186. The molecule has 2 N–H and O–H groups in total. The maximum Gasteiger partial charge on any atom is 0.379 e. The zero-order chi connectivity index (χ0) is 22.4. The normalized spacial score (nSPS) is 11.0. The van der Waals surface area contributed by atoms with Crippen LogP contribution in [0.5, 0.6) is 5.75 Å². The van der Waals surface area contributed by atoms with E-state index in [1.807, 2.05) is 0 Å². The van der Waals surface area contributed by atoms with Gasteiger partial charge in [-0.25, -0.2) is 14.6 Å². The van der Waals surface area contributed by atoms with E-state index in [2.05, 4.69) is 31.8 Å². The predicted molar refractivity (Wildman–Crippen MR) is 113 cm³/mol. The van der Waals surface area contributed by atoms with Crippen LogP contribution >= 0.6 is 15.9 Å². The lowest BCUT2D eigenvalue weighted by Crippen LogP contribution is -2.33. The maximum atomic E-state index is 13.8. The minimum atomic E-state index is -1.10. The zero-order valence-corrected chi connectivity index (χ0v) is 17.6. The van der Waals surface area contributed by atoms with E-state index in [1.165, 1.54) is 24.5 Å². The number of benzene rings is 2. The van der Waals surface area contributed by atoms with Gasteiger partial charge in [0.25, 0.3) is 0 Å². The summed E-state index contributed by atoms with van der Waals surface area (Å²) in [6.07, 6.45) is 1.34. The molecule has 0 atom stereocenters. The third-order valence-electron chi connectivity index (χ3n) is 3.91. The number of ether oxygens (including phenoxy) is 1. The van der Waals surface area contributed by atoms with Crippen LogP contribution in [0.4, 0.5) is 10.1 Å². The van der Waals surface area contributed by atoms with Gasteiger partial charge < -0.3 is 14.5 Å². The summed E-state index contributed by atoms with van der Waals surface area (Å²) in [4.78, 5) is 36.1. The number of hydrogen-bond acceptors (Lipinski definition) is 6. The number of furan rings is 1. The summed E-state index contributed by atoms with van der Waals surface area (Å²) in [6, 6.07) is 13.5. The van der Waals surface area contributed by atoms with Gasteiger partial charge in [0.2, 0.25) is 5.76 Å². The molecule has 0 aliphatic carbocycles. The Balaban J connectivity index is 1.68. The third-order valence-corrected chi connectivity index (χ3v) is 4.41. The fourth-order valence-corrected chi connectivity index (χ4v) is 2.75. The van der Waals surface area contributed by atoms with Gasteiger partial charge >= 0.3 is 17.8 Å². The Bertz CT molecular complexity index is 1160. The molecule has 3 rings (SSSR count). The zero-order valence-electron chi connectivity index (χ0n) is 16.0. The number of carbonyl (C=O) groups excluding carboxylic acids is 3. The van der Waals surface area contributed by atoms with Crippen LogP contribution in [0.15, 0.2) is 74.9 Å². The molecule has 31 heavy (non-hydrogen) atoms. The monoisotopic (exact) mass is 487 g/mol. The van der Waals surface area contributed by atoms with Gasteiger partial charge in [0.05, 0.1) is 17.7 Å². The second kappa shape index (κ2) is 9.81. The first-order valence-electron chi connectivity index (χ1n) is 8.81. The molecule has 0 aliphatic rings. The molecule has 1 aromatic heterocycles. The van der Waals surface area contributed by atoms with Gasteiger partial charge in [0.1, 0.15) is 11.6 Å². The van der Waals surface area contributed by atoms with E-state index in [9.17, 15) is 18.8 Å². The van der Waals surface area contributed by atoms with Gasteiger partial charge in [-0.1, -0.05) is 28.1 Å². The van der Waals surface area contributed by atoms with E-state index in [0.717, 1.165) is 6.07 Å². The summed E-state index contributed by atoms with van der Waals surface area (Å²) in [5.41, 5.74) is 2.60. The van der Waals surface area contributed by atoms with Gasteiger partial charge in [-0.2, -0.15) is 5.10 Å². The first-order chi connectivity index (χ1) is 14.8. The lowest BCUT2D eigenvalue weighted by atomic mass is 10.1. The number of anilines is 1. The Morgan fingerprint density at radius 3 is 2.55 bits per heavy atom. The van der Waals surface area contributed by atoms with Crippen LogP contribution in [0.1, 0.15) is 23.0 Å². The van der Waals surface area contributed by atoms with Crippen molar-refractivity contribution >= 4 is 45.1 Å². The minimum absolute atomic E-state index is 0.0227. The molecule has 0 saturated carbocycles. The number of hydrazone groups is 1. The molecule has 2 amide bonds. The Hall–Kier alpha value is -3.79. The average Bonchev–Trinajstić information content (AvgIpc) is 3.29. The molecule has 0 fully saturated rings. The summed E-state index contributed by atoms with van der Waals surface area (Å²) in [5, 5.41) is 6.02. The number of esters is 1. The molecule has 0 spiro atoms. The van der Waals surface area contributed by atoms with E-state index in [4.69, 9.17) is 9.15 Å². The first kappa shape index (κ1) is 21.9. The SMILES string of the molecule is C/C(=N\NC(=O)C(=O)Nc1ccc(Br)cc1F)c1ccccc1OC(=O)c1ccco1. The third kappa shape index (κ3) is 5.64. The summed E-state index contributed by atoms with van der Waals surface area (Å²) < 4.78 is 24.6. The van der Waals surface area contributed by atoms with E-state index < -0.39 is 23.6 Å². The van der Waals surface area contributed by atoms with Gasteiger partial charge in [-0.15, -0.1) is 0 Å². The van der Waals surface area contributed by atoms with Crippen LogP contribution in [0.25, 0.3) is 0 Å². The van der Waals surface area contributed by atoms with Crippen molar-refractivity contribution < 1.29 is 27.9 Å². The standard InChI is InChI=1S/C21H15BrFN3O5/c1-12(14-5-2-3-6-17(14)31-21(29)18-7-4-10-30-18)25-26-20(28)19(27)24-16-9-8-13(22)11-15(16)23/h2-11H,1H3,(H,24,27)(H,26,28)/b25-12+. The molecule has 0 bridgehead atoms. The molecule has 1 heterocycles. The van der Waals surface area contributed by atoms with Crippen molar-refractivity contribution in [3.8, 4) is 5.75 Å². The lowest BCUT2D eigenvalue weighted by Gasteiger charge is -2.09. The molecule has 8 nitrogen and oxygen atoms in total. The van der Waals surface area contributed by atoms with Gasteiger partial charge in [0, 0.05) is 10.0 Å². The number of carbonyl (C=O) groups is 3. The van der Waals surface area contributed by atoms with Gasteiger partial charge in [0.15, 0.2) is 0 Å². The Kier molecular flexibility index (Phi) is 6.93. The van der Waals surface area contributed by atoms with Crippen LogP contribution in [-0.4, -0.2) is 23.5 Å². The second-order valence-corrected chi connectivity index (χ2v) is 7.00. The number of hydrogen-bond donors (Lipinski definition) is 2. The van der Waals surface area contributed by atoms with Gasteiger partial charge in [-0.3, -0.25) is 9.59 Å². The topological polar surface area (TPSA) is 110 Å². The molecule has 10 heteroatoms. The van der Waals surface area contributed by atoms with Crippen molar-refractivity contribution in [3.05, 3.63) is 82.5 Å². The summed E-state index contributed by atoms with van der Waals surface area (Å²) in [7, 11) is 0. The van der Waals surface area contributed by atoms with Crippen LogP contribution in [0, 0.1) is 5.82 Å². The Labute approximate surface area is 184 Å². The number of nitrogens with zero attached hydrogens (tertiary/aromatic N) is 1. The number of nitrogens with one attached hydrogen (secondary N) is 2. The molecule has 0 radical (unpaired) electrons. The van der Waals surface area contributed by atoms with Crippen LogP contribution in [-0.2, 0) is 9.59 Å². The summed E-state index contributed by atoms with van der Waals surface area (Å²) >= 11 is 3.10. The molecule has 0 unspecified atom stereocenters. The molecule has 3 aromatic rings. The van der Waals surface area contributed by atoms with Crippen molar-refractivity contribution in [1.29, 1.82) is 0 Å². The van der Waals surface area contributed by atoms with Crippen LogP contribution in [0.2, 0.25) is 0 Å². The number of rotatable bonds is 5. The molecule has 0 saturated heterocycles. The van der Waals surface area contributed by atoms with Crippen molar-refractivity contribution in [3.63, 3.8) is 0 Å². The highest BCUT2D eigenvalue weighted by Gasteiger charge is 2.17. The maximum absolute atomic E-state index is 13.8. The van der Waals surface area contributed by atoms with Crippen molar-refractivity contribution in [1.82, 2.24) is 5.43 Å². The summed E-state index contributed by atoms with van der Waals surface area (Å²) in [5.74, 6) is -3.41. The number of para-hydroxylation sites is 1. The minimum Gasteiger partial charge on any atom is -0.457 e. The smallest absolute Gasteiger partial charge is 0.379 e. The molecular weight excluding hydrogens is 473 g/mol. The first-order valence-corrected chi connectivity index (χ1v) is 9.60. The van der Waals surface area contributed by atoms with Crippen molar-refractivity contribution in [2.75, 3.05) is 5.32 Å². The lowest BCUT2D eigenvalue weighted by molar-refractivity contribution is -0.136. The molecular formula is C21H15BrFN3O5. The van der Waals surface area contributed by atoms with E-state index in [-0.39, 0.29) is 22.9 Å². The van der Waals surface area contributed by atoms with Crippen LogP contribution < -0.4 is 15.5 Å². The highest BCUT2D eigenvalue weighted by molar-refractivity contribution is 9.10. The summed E-state index contributed by atoms with van der Waals surface area (Å²) in [6.45, 7) is 1.55. The highest BCUT2D eigenvalue weighted by Crippen LogP contribution is 2.21. The number of amides is 2. The predicted octanol–water partition coefficient (Wildman–Crippen LogP) is 3.88. The average molecular weight is 488 g/mol. The van der Waals surface area contributed by atoms with Crippen LogP contribution in [0.3, 0.4) is 0 Å². The van der Waals surface area contributed by atoms with E-state index >= 15 is 0 Å². The highest BCUT2D eigenvalue weighted by atomic mass is 79.9. The van der Waals surface area contributed by atoms with Gasteiger partial charge in [-0.05, 0) is 49.4 Å². The van der Waals surface area contributed by atoms with Crippen molar-refractivity contribution in [2.24, 2.45) is 5.10 Å². The fraction of sp³-hybridized carbons (Fsp3) is 0.0476. The molecule has 0 aliphatic heterocycles. The van der Waals surface area contributed by atoms with E-state index in [1.54, 1.807) is 37.3 Å². The molecule has 158 valence electrons. The largest absolute Gasteiger partial charge is 0.457 e. The second-order valence-electron chi connectivity index (χ2n) is 6.08. The fourth-order valence-electron chi connectivity index (χ4n) is 2.41. The number of halogens is 2. The molecule has 2 aromatic carbocycles. The Morgan fingerprint density at radius 2 is 1.84 bits per heavy atom. The van der Waals surface area contributed by atoms with E-state index in [0.29, 0.717) is 10.0 Å². The Morgan fingerprint density at radius 1 is 1.06 bits per heavy atom. The van der Waals surface area contributed by atoms with Crippen molar-refractivity contribution in [2.45, 2.75) is 6.92 Å².